The summed E-state index contributed by atoms with van der Waals surface area (Å²) in [7, 11) is 0. The maximum atomic E-state index is 10.5. The number of aliphatic carboxylic acids is 1. The summed E-state index contributed by atoms with van der Waals surface area (Å²) in [5, 5.41) is 12.0. The van der Waals surface area contributed by atoms with Crippen molar-refractivity contribution in [3.63, 3.8) is 0 Å². The molecular weight excluding hydrogens is 196 g/mol. The van der Waals surface area contributed by atoms with Crippen LogP contribution in [0.15, 0.2) is 29.4 Å². The highest BCUT2D eigenvalue weighted by atomic mass is 16.4. The van der Waals surface area contributed by atoms with E-state index in [0.29, 0.717) is 5.69 Å². The van der Waals surface area contributed by atoms with Gasteiger partial charge in [0.15, 0.2) is 0 Å². The summed E-state index contributed by atoms with van der Waals surface area (Å²) in [5.41, 5.74) is 14.8. The van der Waals surface area contributed by atoms with Gasteiger partial charge in [0, 0.05) is 10.6 Å². The molecule has 0 amide bonds. The molecule has 0 aliphatic rings. The third-order valence-corrected chi connectivity index (χ3v) is 1.87. The molecule has 0 aromatic heterocycles. The number of nitrogens with zero attached hydrogens (tertiary/aromatic N) is 3. The molecule has 0 saturated heterocycles. The lowest BCUT2D eigenvalue weighted by molar-refractivity contribution is -0.138. The summed E-state index contributed by atoms with van der Waals surface area (Å²) in [4.78, 5) is 13.1. The van der Waals surface area contributed by atoms with E-state index in [0.717, 1.165) is 5.56 Å². The minimum Gasteiger partial charge on any atom is -0.480 e. The van der Waals surface area contributed by atoms with Gasteiger partial charge in [-0.25, -0.2) is 0 Å². The second kappa shape index (κ2) is 4.99. The Morgan fingerprint density at radius 3 is 2.60 bits per heavy atom. The SMILES string of the molecule is [N-]=[N+]=Nc1ccc(C[C@H](N)C(=O)O)cc1. The molecule has 15 heavy (non-hydrogen) atoms. The Hall–Kier alpha value is -2.04. The summed E-state index contributed by atoms with van der Waals surface area (Å²) in [6, 6.07) is 5.70. The lowest BCUT2D eigenvalue weighted by Gasteiger charge is -2.05. The largest absolute Gasteiger partial charge is 0.480 e. The maximum Gasteiger partial charge on any atom is 0.320 e. The molecule has 1 atom stereocenters. The Bertz CT molecular complexity index is 395. The van der Waals surface area contributed by atoms with Crippen LogP contribution in [0.3, 0.4) is 0 Å². The van der Waals surface area contributed by atoms with Gasteiger partial charge in [-0.05, 0) is 17.5 Å². The normalized spacial score (nSPS) is 11.5. The summed E-state index contributed by atoms with van der Waals surface area (Å²) in [6.45, 7) is 0. The molecule has 0 heterocycles. The number of hydrogen-bond acceptors (Lipinski definition) is 3. The third-order valence-electron chi connectivity index (χ3n) is 1.87. The first-order chi connectivity index (χ1) is 7.13. The zero-order chi connectivity index (χ0) is 11.3. The predicted molar refractivity (Wildman–Crippen MR) is 54.6 cm³/mol. The van der Waals surface area contributed by atoms with Crippen molar-refractivity contribution in [3.8, 4) is 0 Å². The van der Waals surface area contributed by atoms with Crippen LogP contribution in [0.1, 0.15) is 5.56 Å². The van der Waals surface area contributed by atoms with Crippen molar-refractivity contribution in [2.24, 2.45) is 10.8 Å². The predicted octanol–water partition coefficient (Wildman–Crippen LogP) is 1.58. The van der Waals surface area contributed by atoms with Crippen LogP contribution in [0.2, 0.25) is 0 Å². The van der Waals surface area contributed by atoms with Gasteiger partial charge in [-0.1, -0.05) is 29.4 Å². The molecule has 0 radical (unpaired) electrons. The average molecular weight is 206 g/mol. The molecule has 3 N–H and O–H groups in total. The number of nitrogens with two attached hydrogens (primary N) is 1. The highest BCUT2D eigenvalue weighted by molar-refractivity contribution is 5.73. The topological polar surface area (TPSA) is 112 Å². The van der Waals surface area contributed by atoms with E-state index >= 15 is 0 Å². The van der Waals surface area contributed by atoms with Gasteiger partial charge in [-0.3, -0.25) is 4.79 Å². The molecule has 6 heteroatoms. The Balaban J connectivity index is 2.72. The van der Waals surface area contributed by atoms with Gasteiger partial charge >= 0.3 is 5.97 Å². The van der Waals surface area contributed by atoms with E-state index in [2.05, 4.69) is 10.0 Å². The Labute approximate surface area is 86.0 Å². The van der Waals surface area contributed by atoms with Crippen LogP contribution in [0, 0.1) is 0 Å². The van der Waals surface area contributed by atoms with Crippen LogP contribution in [0.5, 0.6) is 0 Å². The van der Waals surface area contributed by atoms with Crippen molar-refractivity contribution in [2.45, 2.75) is 12.5 Å². The van der Waals surface area contributed by atoms with E-state index in [4.69, 9.17) is 16.4 Å². The van der Waals surface area contributed by atoms with Crippen molar-refractivity contribution < 1.29 is 9.90 Å². The molecular formula is C9H10N4O2. The highest BCUT2D eigenvalue weighted by Crippen LogP contribution is 2.13. The minimum absolute atomic E-state index is 0.256. The van der Waals surface area contributed by atoms with Crippen LogP contribution < -0.4 is 5.73 Å². The van der Waals surface area contributed by atoms with E-state index in [-0.39, 0.29) is 6.42 Å². The summed E-state index contributed by atoms with van der Waals surface area (Å²) >= 11 is 0. The number of hydrogen-bond donors (Lipinski definition) is 2. The number of carboxylic acids is 1. The van der Waals surface area contributed by atoms with E-state index in [1.165, 1.54) is 0 Å². The number of benzene rings is 1. The quantitative estimate of drug-likeness (QED) is 0.443. The number of carboxylic acid groups (broad SMARTS) is 1. The van der Waals surface area contributed by atoms with Gasteiger partial charge < -0.3 is 10.8 Å². The van der Waals surface area contributed by atoms with Crippen LogP contribution in [-0.2, 0) is 11.2 Å². The standard InChI is InChI=1S/C9H10N4O2/c10-8(9(14)15)5-6-1-3-7(4-2-6)12-13-11/h1-4,8H,5,10H2,(H,14,15)/t8-/m0/s1. The molecule has 0 bridgehead atoms. The maximum absolute atomic E-state index is 10.5. The molecule has 1 aromatic carbocycles. The highest BCUT2D eigenvalue weighted by Gasteiger charge is 2.11. The van der Waals surface area contributed by atoms with E-state index in [1.807, 2.05) is 0 Å². The van der Waals surface area contributed by atoms with Crippen molar-refractivity contribution in [1.82, 2.24) is 0 Å². The van der Waals surface area contributed by atoms with Crippen LogP contribution >= 0.6 is 0 Å². The summed E-state index contributed by atoms with van der Waals surface area (Å²) < 4.78 is 0. The number of carbonyl (C=O) groups is 1. The van der Waals surface area contributed by atoms with Gasteiger partial charge in [0.05, 0.1) is 0 Å². The number of rotatable bonds is 4. The molecule has 0 saturated carbocycles. The monoisotopic (exact) mass is 206 g/mol. The molecule has 6 nitrogen and oxygen atoms in total. The van der Waals surface area contributed by atoms with Crippen molar-refractivity contribution in [3.05, 3.63) is 40.3 Å². The van der Waals surface area contributed by atoms with Crippen molar-refractivity contribution in [1.29, 1.82) is 0 Å². The van der Waals surface area contributed by atoms with Gasteiger partial charge in [0.1, 0.15) is 6.04 Å². The molecule has 0 aliphatic carbocycles. The molecule has 0 unspecified atom stereocenters. The van der Waals surface area contributed by atoms with Gasteiger partial charge in [-0.15, -0.1) is 0 Å². The number of azide groups is 1. The van der Waals surface area contributed by atoms with Crippen LogP contribution in [-0.4, -0.2) is 17.1 Å². The second-order valence-electron chi connectivity index (χ2n) is 3.00. The Morgan fingerprint density at radius 2 is 2.13 bits per heavy atom. The fourth-order valence-electron chi connectivity index (χ4n) is 1.09. The fraction of sp³-hybridized carbons (Fsp3) is 0.222. The van der Waals surface area contributed by atoms with Gasteiger partial charge in [-0.2, -0.15) is 0 Å². The molecule has 0 aliphatic heterocycles. The van der Waals surface area contributed by atoms with Crippen LogP contribution in [0.25, 0.3) is 10.4 Å². The first-order valence-corrected chi connectivity index (χ1v) is 4.26. The van der Waals surface area contributed by atoms with Crippen molar-refractivity contribution in [2.75, 3.05) is 0 Å². The first kappa shape index (κ1) is 11.0. The van der Waals surface area contributed by atoms with Crippen LogP contribution in [0.4, 0.5) is 5.69 Å². The smallest absolute Gasteiger partial charge is 0.320 e. The summed E-state index contributed by atoms with van der Waals surface area (Å²) in [6.07, 6.45) is 0.256. The lowest BCUT2D eigenvalue weighted by atomic mass is 10.1. The third kappa shape index (κ3) is 3.30. The van der Waals surface area contributed by atoms with E-state index < -0.39 is 12.0 Å². The Morgan fingerprint density at radius 1 is 1.53 bits per heavy atom. The second-order valence-corrected chi connectivity index (χ2v) is 3.00. The average Bonchev–Trinajstić information content (AvgIpc) is 2.21. The molecule has 78 valence electrons. The summed E-state index contributed by atoms with van der Waals surface area (Å²) in [5.74, 6) is -1.03. The fourth-order valence-corrected chi connectivity index (χ4v) is 1.09. The van der Waals surface area contributed by atoms with Crippen molar-refractivity contribution >= 4 is 11.7 Å². The first-order valence-electron chi connectivity index (χ1n) is 4.26. The van der Waals surface area contributed by atoms with Gasteiger partial charge in [0.2, 0.25) is 0 Å². The Kier molecular flexibility index (Phi) is 3.68. The van der Waals surface area contributed by atoms with E-state index in [1.54, 1.807) is 24.3 Å². The molecule has 1 aromatic rings. The minimum atomic E-state index is -1.03. The lowest BCUT2D eigenvalue weighted by Crippen LogP contribution is -2.32. The van der Waals surface area contributed by atoms with Gasteiger partial charge in [0.25, 0.3) is 0 Å². The molecule has 0 spiro atoms. The molecule has 1 rings (SSSR count). The van der Waals surface area contributed by atoms with E-state index in [9.17, 15) is 4.79 Å². The molecule has 0 fully saturated rings. The zero-order valence-electron chi connectivity index (χ0n) is 7.87. The zero-order valence-corrected chi connectivity index (χ0v) is 7.87.